The summed E-state index contributed by atoms with van der Waals surface area (Å²) >= 11 is 0. The van der Waals surface area contributed by atoms with Crippen molar-refractivity contribution in [1.82, 2.24) is 0 Å². The highest BCUT2D eigenvalue weighted by Gasteiger charge is 2.48. The van der Waals surface area contributed by atoms with Gasteiger partial charge in [-0.05, 0) is 147 Å². The van der Waals surface area contributed by atoms with E-state index < -0.39 is 0 Å². The van der Waals surface area contributed by atoms with E-state index in [-0.39, 0.29) is 17.5 Å². The molecule has 3 aliphatic rings. The third-order valence-electron chi connectivity index (χ3n) is 14.0. The van der Waals surface area contributed by atoms with Crippen molar-refractivity contribution in [2.24, 2.45) is 0 Å². The maximum Gasteiger partial charge on any atom is 0.252 e. The Labute approximate surface area is 359 Å². The van der Waals surface area contributed by atoms with Crippen molar-refractivity contribution >= 4 is 79.2 Å². The summed E-state index contributed by atoms with van der Waals surface area (Å²) in [6.45, 7) is 14.3. The summed E-state index contributed by atoms with van der Waals surface area (Å²) in [4.78, 5) is 5.16. The molecule has 61 heavy (non-hydrogen) atoms. The van der Waals surface area contributed by atoms with Crippen molar-refractivity contribution in [2.45, 2.75) is 58.8 Å². The van der Waals surface area contributed by atoms with Gasteiger partial charge in [0.15, 0.2) is 0 Å². The SMILES string of the molecule is Cc1cc2c3c(c1)N(c1cccc4oc5ccccc5c14)c1ccc(-c4ccccc4)cc1B3c1cc3c(cc1N2c1ccc(-c2ccccc2)cc1C)C(C)(C)CC3(C)C. The first kappa shape index (κ1) is 36.1. The fraction of sp³-hybridized carbons (Fsp3) is 0.158. The quantitative estimate of drug-likeness (QED) is 0.166. The minimum Gasteiger partial charge on any atom is -0.456 e. The predicted octanol–water partition coefficient (Wildman–Crippen LogP) is 13.6. The van der Waals surface area contributed by atoms with Gasteiger partial charge in [0, 0.05) is 33.8 Å². The van der Waals surface area contributed by atoms with Crippen LogP contribution in [0.15, 0.2) is 168 Å². The fourth-order valence-electron chi connectivity index (χ4n) is 11.6. The van der Waals surface area contributed by atoms with E-state index in [1.807, 2.05) is 0 Å². The lowest BCUT2D eigenvalue weighted by Gasteiger charge is -2.45. The van der Waals surface area contributed by atoms with Crippen LogP contribution in [0, 0.1) is 13.8 Å². The van der Waals surface area contributed by atoms with E-state index >= 15 is 0 Å². The van der Waals surface area contributed by atoms with Gasteiger partial charge in [0.2, 0.25) is 0 Å². The molecule has 0 N–H and O–H groups in total. The topological polar surface area (TPSA) is 19.6 Å². The second-order valence-corrected chi connectivity index (χ2v) is 19.0. The van der Waals surface area contributed by atoms with E-state index in [4.69, 9.17) is 4.42 Å². The van der Waals surface area contributed by atoms with Crippen LogP contribution in [-0.4, -0.2) is 6.71 Å². The lowest BCUT2D eigenvalue weighted by Crippen LogP contribution is -2.61. The van der Waals surface area contributed by atoms with Crippen molar-refractivity contribution in [3.05, 3.63) is 186 Å². The van der Waals surface area contributed by atoms with Gasteiger partial charge in [-0.1, -0.05) is 137 Å². The van der Waals surface area contributed by atoms with Crippen molar-refractivity contribution in [3.8, 4) is 22.3 Å². The number of hydrogen-bond acceptors (Lipinski definition) is 3. The van der Waals surface area contributed by atoms with Crippen LogP contribution < -0.4 is 26.2 Å². The van der Waals surface area contributed by atoms with Gasteiger partial charge >= 0.3 is 0 Å². The molecule has 8 aromatic carbocycles. The van der Waals surface area contributed by atoms with Crippen LogP contribution in [0.3, 0.4) is 0 Å². The predicted molar refractivity (Wildman–Crippen MR) is 259 cm³/mol. The van der Waals surface area contributed by atoms with Crippen molar-refractivity contribution in [2.75, 3.05) is 9.80 Å². The van der Waals surface area contributed by atoms with Crippen LogP contribution in [0.1, 0.15) is 56.4 Å². The smallest absolute Gasteiger partial charge is 0.252 e. The maximum atomic E-state index is 6.56. The van der Waals surface area contributed by atoms with Gasteiger partial charge in [-0.3, -0.25) is 0 Å². The number of anilines is 6. The van der Waals surface area contributed by atoms with Crippen molar-refractivity contribution < 1.29 is 4.42 Å². The Hall–Kier alpha value is -6.78. The summed E-state index contributed by atoms with van der Waals surface area (Å²) in [6.07, 6.45) is 1.11. The molecule has 0 amide bonds. The van der Waals surface area contributed by atoms with Crippen LogP contribution in [0.2, 0.25) is 0 Å². The van der Waals surface area contributed by atoms with Gasteiger partial charge in [-0.15, -0.1) is 0 Å². The lowest BCUT2D eigenvalue weighted by atomic mass is 9.33. The van der Waals surface area contributed by atoms with Gasteiger partial charge in [0.1, 0.15) is 11.2 Å². The molecule has 1 aliphatic carbocycles. The van der Waals surface area contributed by atoms with E-state index in [2.05, 4.69) is 215 Å². The molecule has 2 aliphatic heterocycles. The number of furan rings is 1. The Morgan fingerprint density at radius 3 is 1.72 bits per heavy atom. The van der Waals surface area contributed by atoms with E-state index in [1.54, 1.807) is 0 Å². The van der Waals surface area contributed by atoms with Crippen molar-refractivity contribution in [1.29, 1.82) is 0 Å². The third-order valence-corrected chi connectivity index (χ3v) is 14.0. The third kappa shape index (κ3) is 5.31. The summed E-state index contributed by atoms with van der Waals surface area (Å²) in [7, 11) is 0. The minimum atomic E-state index is 0.000713. The molecule has 1 aromatic heterocycles. The average Bonchev–Trinajstić information content (AvgIpc) is 3.73. The first-order valence-corrected chi connectivity index (χ1v) is 21.8. The lowest BCUT2D eigenvalue weighted by molar-refractivity contribution is 0.403. The largest absolute Gasteiger partial charge is 0.456 e. The van der Waals surface area contributed by atoms with Gasteiger partial charge < -0.3 is 14.2 Å². The second-order valence-electron chi connectivity index (χ2n) is 19.0. The highest BCUT2D eigenvalue weighted by Crippen LogP contribution is 2.53. The zero-order chi connectivity index (χ0) is 41.4. The zero-order valence-corrected chi connectivity index (χ0v) is 35.7. The molecule has 0 bridgehead atoms. The average molecular weight is 787 g/mol. The molecule has 0 atom stereocenters. The Bertz CT molecular complexity index is 3270. The minimum absolute atomic E-state index is 0.000713. The Kier molecular flexibility index (Phi) is 7.62. The molecule has 0 unspecified atom stereocenters. The molecule has 0 fully saturated rings. The van der Waals surface area contributed by atoms with E-state index in [9.17, 15) is 0 Å². The summed E-state index contributed by atoms with van der Waals surface area (Å²) in [6, 6.07) is 61.0. The van der Waals surface area contributed by atoms with Crippen LogP contribution in [0.5, 0.6) is 0 Å². The molecule has 0 saturated carbocycles. The molecule has 4 heteroatoms. The molecule has 0 radical (unpaired) electrons. The molecule has 3 nitrogen and oxygen atoms in total. The number of rotatable bonds is 4. The number of aryl methyl sites for hydroxylation is 2. The molecule has 12 rings (SSSR count). The molecule has 3 heterocycles. The fourth-order valence-corrected chi connectivity index (χ4v) is 11.6. The zero-order valence-electron chi connectivity index (χ0n) is 35.7. The number of nitrogens with zero attached hydrogens (tertiary/aromatic N) is 2. The summed E-state index contributed by atoms with van der Waals surface area (Å²) < 4.78 is 6.56. The first-order valence-electron chi connectivity index (χ1n) is 21.8. The number of hydrogen-bond donors (Lipinski definition) is 0. The molecular formula is C57H47BN2O. The highest BCUT2D eigenvalue weighted by atomic mass is 16.3. The summed E-state index contributed by atoms with van der Waals surface area (Å²) in [5.41, 5.74) is 23.5. The monoisotopic (exact) mass is 786 g/mol. The van der Waals surface area contributed by atoms with Crippen LogP contribution in [0.25, 0.3) is 44.2 Å². The van der Waals surface area contributed by atoms with E-state index in [0.717, 1.165) is 34.0 Å². The van der Waals surface area contributed by atoms with Gasteiger partial charge in [-0.25, -0.2) is 0 Å². The van der Waals surface area contributed by atoms with Crippen LogP contribution >= 0.6 is 0 Å². The Morgan fingerprint density at radius 2 is 1.03 bits per heavy atom. The molecule has 294 valence electrons. The molecule has 9 aromatic rings. The number of benzene rings is 8. The molecule has 0 spiro atoms. The normalized spacial score (nSPS) is 15.5. The van der Waals surface area contributed by atoms with Gasteiger partial charge in [-0.2, -0.15) is 0 Å². The van der Waals surface area contributed by atoms with Crippen LogP contribution in [-0.2, 0) is 10.8 Å². The second kappa shape index (κ2) is 12.9. The number of fused-ring (bicyclic) bond motifs is 8. The van der Waals surface area contributed by atoms with Gasteiger partial charge in [0.25, 0.3) is 6.71 Å². The maximum absolute atomic E-state index is 6.56. The van der Waals surface area contributed by atoms with Crippen LogP contribution in [0.4, 0.5) is 34.1 Å². The molecule has 0 saturated heterocycles. The summed E-state index contributed by atoms with van der Waals surface area (Å²) in [5.74, 6) is 0. The molecular weight excluding hydrogens is 739 g/mol. The summed E-state index contributed by atoms with van der Waals surface area (Å²) in [5, 5.41) is 2.26. The first-order chi connectivity index (χ1) is 29.6. The van der Waals surface area contributed by atoms with Gasteiger partial charge in [0.05, 0.1) is 11.1 Å². The van der Waals surface area contributed by atoms with E-state index in [0.29, 0.717) is 0 Å². The standard InChI is InChI=1S/C57H47BN2O/c1-35-28-50-55-51(29-35)60(48-21-15-23-53-54(48)41-20-13-14-22-52(41)61-53)47-27-25-40(38-18-11-8-12-19-38)31-44(47)58(55)45-32-42-43(57(5,6)34-56(42,3)4)33-49(45)59(50)46-26-24-39(30-36(46)2)37-16-9-7-10-17-37/h7-33H,34H2,1-6H3. The highest BCUT2D eigenvalue weighted by molar-refractivity contribution is 7.00. The Balaban J connectivity index is 1.20. The number of para-hydroxylation sites is 1. The van der Waals surface area contributed by atoms with Crippen molar-refractivity contribution in [3.63, 3.8) is 0 Å². The van der Waals surface area contributed by atoms with E-state index in [1.165, 1.54) is 89.3 Å². The Morgan fingerprint density at radius 1 is 0.459 bits per heavy atom.